The first-order valence-corrected chi connectivity index (χ1v) is 9.76. The van der Waals surface area contributed by atoms with E-state index in [0.29, 0.717) is 18.8 Å². The third-order valence-electron chi connectivity index (χ3n) is 4.32. The first-order chi connectivity index (χ1) is 13.3. The molecule has 136 valence electrons. The lowest BCUT2D eigenvalue weighted by atomic mass is 10.2. The van der Waals surface area contributed by atoms with E-state index in [1.165, 1.54) is 4.88 Å². The predicted octanol–water partition coefficient (Wildman–Crippen LogP) is 4.78. The lowest BCUT2D eigenvalue weighted by Gasteiger charge is -2.06. The minimum atomic E-state index is -0.0884. The molecule has 0 unspecified atom stereocenters. The summed E-state index contributed by atoms with van der Waals surface area (Å²) in [5.74, 6) is 0.687. The Bertz CT molecular complexity index is 1020. The van der Waals surface area contributed by atoms with Crippen molar-refractivity contribution in [1.29, 1.82) is 0 Å². The van der Waals surface area contributed by atoms with E-state index in [0.717, 1.165) is 28.6 Å². The third kappa shape index (κ3) is 4.38. The van der Waals surface area contributed by atoms with Gasteiger partial charge < -0.3 is 15.0 Å². The number of carbonyl (C=O) groups excluding carboxylic acids is 1. The fourth-order valence-corrected chi connectivity index (χ4v) is 3.62. The summed E-state index contributed by atoms with van der Waals surface area (Å²) in [5, 5.41) is 6.00. The van der Waals surface area contributed by atoms with Crippen LogP contribution in [0, 0.1) is 0 Å². The van der Waals surface area contributed by atoms with Gasteiger partial charge in [0.2, 0.25) is 0 Å². The molecule has 0 bridgehead atoms. The van der Waals surface area contributed by atoms with Gasteiger partial charge in [0.05, 0.1) is 0 Å². The Hall–Kier alpha value is -3.05. The van der Waals surface area contributed by atoms with Crippen LogP contribution in [0.25, 0.3) is 10.9 Å². The van der Waals surface area contributed by atoms with Gasteiger partial charge >= 0.3 is 0 Å². The molecule has 0 aliphatic carbocycles. The van der Waals surface area contributed by atoms with Gasteiger partial charge in [-0.2, -0.15) is 0 Å². The molecular formula is C22H20N2O2S. The Labute approximate surface area is 161 Å². The van der Waals surface area contributed by atoms with Crippen LogP contribution >= 0.6 is 11.3 Å². The van der Waals surface area contributed by atoms with Crippen molar-refractivity contribution in [2.24, 2.45) is 0 Å². The number of hydrogen-bond acceptors (Lipinski definition) is 3. The van der Waals surface area contributed by atoms with Gasteiger partial charge in [-0.1, -0.05) is 36.4 Å². The zero-order chi connectivity index (χ0) is 18.5. The van der Waals surface area contributed by atoms with Crippen LogP contribution in [0.5, 0.6) is 5.75 Å². The zero-order valence-corrected chi connectivity index (χ0v) is 15.6. The van der Waals surface area contributed by atoms with Crippen molar-refractivity contribution < 1.29 is 9.53 Å². The van der Waals surface area contributed by atoms with E-state index in [4.69, 9.17) is 4.74 Å². The van der Waals surface area contributed by atoms with Gasteiger partial charge in [-0.25, -0.2) is 0 Å². The van der Waals surface area contributed by atoms with E-state index in [9.17, 15) is 4.79 Å². The van der Waals surface area contributed by atoms with Crippen molar-refractivity contribution in [3.63, 3.8) is 0 Å². The molecule has 0 aliphatic heterocycles. The normalized spacial score (nSPS) is 10.8. The lowest BCUT2D eigenvalue weighted by Crippen LogP contribution is -2.25. The van der Waals surface area contributed by atoms with E-state index >= 15 is 0 Å². The molecule has 0 atom stereocenters. The van der Waals surface area contributed by atoms with Crippen LogP contribution < -0.4 is 10.1 Å². The molecule has 2 heterocycles. The van der Waals surface area contributed by atoms with E-state index in [1.807, 2.05) is 66.0 Å². The molecule has 0 saturated carbocycles. The number of carbonyl (C=O) groups is 1. The molecule has 0 aliphatic rings. The minimum absolute atomic E-state index is 0.0884. The third-order valence-corrected chi connectivity index (χ3v) is 5.26. The van der Waals surface area contributed by atoms with Crippen LogP contribution in [0.4, 0.5) is 0 Å². The summed E-state index contributed by atoms with van der Waals surface area (Å²) < 4.78 is 5.86. The SMILES string of the molecule is O=C(NCCc1cccs1)c1cc2ccc(OCc3ccccc3)cc2[nH]1. The van der Waals surface area contributed by atoms with Crippen molar-refractivity contribution in [3.8, 4) is 5.75 Å². The smallest absolute Gasteiger partial charge is 0.267 e. The first-order valence-electron chi connectivity index (χ1n) is 8.88. The average molecular weight is 376 g/mol. The highest BCUT2D eigenvalue weighted by atomic mass is 32.1. The van der Waals surface area contributed by atoms with Gasteiger partial charge in [-0.15, -0.1) is 11.3 Å². The Morgan fingerprint density at radius 1 is 1.04 bits per heavy atom. The van der Waals surface area contributed by atoms with Crippen molar-refractivity contribution >= 4 is 28.1 Å². The van der Waals surface area contributed by atoms with Crippen LogP contribution in [0.3, 0.4) is 0 Å². The molecule has 0 radical (unpaired) electrons. The Kier molecular flexibility index (Phi) is 5.21. The van der Waals surface area contributed by atoms with Crippen molar-refractivity contribution in [3.05, 3.63) is 88.2 Å². The van der Waals surface area contributed by atoms with E-state index < -0.39 is 0 Å². The second-order valence-corrected chi connectivity index (χ2v) is 7.32. The van der Waals surface area contributed by atoms with Gasteiger partial charge in [-0.3, -0.25) is 4.79 Å². The summed E-state index contributed by atoms with van der Waals surface area (Å²) in [6, 6.07) is 21.9. The largest absolute Gasteiger partial charge is 0.489 e. The summed E-state index contributed by atoms with van der Waals surface area (Å²) in [5.41, 5.74) is 2.58. The topological polar surface area (TPSA) is 54.1 Å². The van der Waals surface area contributed by atoms with Gasteiger partial charge in [0, 0.05) is 28.4 Å². The molecule has 4 nitrogen and oxygen atoms in total. The Morgan fingerprint density at radius 3 is 2.74 bits per heavy atom. The highest BCUT2D eigenvalue weighted by Crippen LogP contribution is 2.22. The fourth-order valence-electron chi connectivity index (χ4n) is 2.91. The quantitative estimate of drug-likeness (QED) is 0.488. The molecule has 0 saturated heterocycles. The highest BCUT2D eigenvalue weighted by Gasteiger charge is 2.10. The Morgan fingerprint density at radius 2 is 1.93 bits per heavy atom. The summed E-state index contributed by atoms with van der Waals surface area (Å²) in [7, 11) is 0. The highest BCUT2D eigenvalue weighted by molar-refractivity contribution is 7.09. The molecule has 0 spiro atoms. The first kappa shape index (κ1) is 17.4. The number of H-pyrrole nitrogens is 1. The molecule has 4 rings (SSSR count). The van der Waals surface area contributed by atoms with Crippen LogP contribution in [0.15, 0.2) is 72.1 Å². The number of amides is 1. The van der Waals surface area contributed by atoms with Gasteiger partial charge in [0.25, 0.3) is 5.91 Å². The van der Waals surface area contributed by atoms with E-state index in [1.54, 1.807) is 11.3 Å². The maximum absolute atomic E-state index is 12.4. The van der Waals surface area contributed by atoms with E-state index in [2.05, 4.69) is 16.4 Å². The number of fused-ring (bicyclic) bond motifs is 1. The number of hydrogen-bond donors (Lipinski definition) is 2. The van der Waals surface area contributed by atoms with Gasteiger partial charge in [0.15, 0.2) is 0 Å². The average Bonchev–Trinajstić information content (AvgIpc) is 3.36. The number of nitrogens with one attached hydrogen (secondary N) is 2. The van der Waals surface area contributed by atoms with Crippen LogP contribution in [0.1, 0.15) is 20.9 Å². The summed E-state index contributed by atoms with van der Waals surface area (Å²) in [6.07, 6.45) is 0.848. The molecule has 2 N–H and O–H groups in total. The van der Waals surface area contributed by atoms with Crippen LogP contribution in [-0.4, -0.2) is 17.4 Å². The lowest BCUT2D eigenvalue weighted by molar-refractivity contribution is 0.0950. The zero-order valence-electron chi connectivity index (χ0n) is 14.8. The molecule has 2 aromatic carbocycles. The van der Waals surface area contributed by atoms with Crippen LogP contribution in [-0.2, 0) is 13.0 Å². The standard InChI is InChI=1S/C22H20N2O2S/c25-22(23-11-10-19-7-4-12-27-19)21-13-17-8-9-18(14-20(17)24-21)26-15-16-5-2-1-3-6-16/h1-9,12-14,24H,10-11,15H2,(H,23,25). The van der Waals surface area contributed by atoms with E-state index in [-0.39, 0.29) is 5.91 Å². The summed E-state index contributed by atoms with van der Waals surface area (Å²) in [4.78, 5) is 16.8. The number of benzene rings is 2. The molecular weight excluding hydrogens is 356 g/mol. The second kappa shape index (κ2) is 8.10. The number of aromatic nitrogens is 1. The monoisotopic (exact) mass is 376 g/mol. The van der Waals surface area contributed by atoms with Crippen molar-refractivity contribution in [2.45, 2.75) is 13.0 Å². The molecule has 0 fully saturated rings. The van der Waals surface area contributed by atoms with Gasteiger partial charge in [0.1, 0.15) is 18.1 Å². The molecule has 1 amide bonds. The maximum Gasteiger partial charge on any atom is 0.267 e. The van der Waals surface area contributed by atoms with Gasteiger partial charge in [-0.05, 0) is 41.6 Å². The summed E-state index contributed by atoms with van der Waals surface area (Å²) >= 11 is 1.71. The summed E-state index contributed by atoms with van der Waals surface area (Å²) in [6.45, 7) is 1.14. The molecule has 2 aromatic heterocycles. The number of rotatable bonds is 7. The number of aromatic amines is 1. The Balaban J connectivity index is 1.38. The predicted molar refractivity (Wildman–Crippen MR) is 109 cm³/mol. The minimum Gasteiger partial charge on any atom is -0.489 e. The number of ether oxygens (including phenoxy) is 1. The van der Waals surface area contributed by atoms with Crippen LogP contribution in [0.2, 0.25) is 0 Å². The van der Waals surface area contributed by atoms with Crippen molar-refractivity contribution in [2.75, 3.05) is 6.54 Å². The second-order valence-electron chi connectivity index (χ2n) is 6.29. The maximum atomic E-state index is 12.4. The molecule has 27 heavy (non-hydrogen) atoms. The van der Waals surface area contributed by atoms with Crippen molar-refractivity contribution in [1.82, 2.24) is 10.3 Å². The fraction of sp³-hybridized carbons (Fsp3) is 0.136. The number of thiophene rings is 1. The molecule has 4 aromatic rings. The molecule has 5 heteroatoms.